The molecule has 0 fully saturated rings. The smallest absolute Gasteiger partial charge is 0.0652 e. The van der Waals surface area contributed by atoms with Crippen molar-refractivity contribution in [3.05, 3.63) is 35.9 Å². The van der Waals surface area contributed by atoms with Crippen molar-refractivity contribution in [3.63, 3.8) is 0 Å². The van der Waals surface area contributed by atoms with Crippen LogP contribution in [0.2, 0.25) is 0 Å². The molecule has 17 heavy (non-hydrogen) atoms. The molecule has 1 atom stereocenters. The molecule has 1 rings (SSSR count). The van der Waals surface area contributed by atoms with E-state index < -0.39 is 0 Å². The van der Waals surface area contributed by atoms with E-state index in [1.807, 2.05) is 44.2 Å². The highest BCUT2D eigenvalue weighted by Gasteiger charge is 2.24. The largest absolute Gasteiger partial charge is 0.394 e. The lowest BCUT2D eigenvalue weighted by Gasteiger charge is -2.29. The monoisotopic (exact) mass is 237 g/mol. The molecule has 0 radical (unpaired) electrons. The molecule has 3 heteroatoms. The zero-order chi connectivity index (χ0) is 12.6. The number of rotatable bonds is 8. The first-order valence-corrected chi connectivity index (χ1v) is 6.22. The van der Waals surface area contributed by atoms with Gasteiger partial charge in [-0.2, -0.15) is 0 Å². The minimum Gasteiger partial charge on any atom is -0.394 e. The number of nitrogens with one attached hydrogen (secondary N) is 1. The fraction of sp³-hybridized carbons (Fsp3) is 0.571. The van der Waals surface area contributed by atoms with E-state index in [-0.39, 0.29) is 12.1 Å². The van der Waals surface area contributed by atoms with Crippen LogP contribution in [0.5, 0.6) is 0 Å². The van der Waals surface area contributed by atoms with E-state index in [1.54, 1.807) is 0 Å². The van der Waals surface area contributed by atoms with Crippen molar-refractivity contribution in [2.24, 2.45) is 0 Å². The van der Waals surface area contributed by atoms with Crippen LogP contribution in [0.15, 0.2) is 30.3 Å². The van der Waals surface area contributed by atoms with Crippen LogP contribution in [0, 0.1) is 0 Å². The van der Waals surface area contributed by atoms with Crippen LogP contribution in [-0.2, 0) is 10.3 Å². The summed E-state index contributed by atoms with van der Waals surface area (Å²) in [5, 5.41) is 12.9. The fourth-order valence-electron chi connectivity index (χ4n) is 1.74. The van der Waals surface area contributed by atoms with Crippen molar-refractivity contribution >= 4 is 0 Å². The van der Waals surface area contributed by atoms with Gasteiger partial charge in [0.1, 0.15) is 0 Å². The van der Waals surface area contributed by atoms with E-state index in [4.69, 9.17) is 4.74 Å². The highest BCUT2D eigenvalue weighted by Crippen LogP contribution is 2.19. The topological polar surface area (TPSA) is 41.5 Å². The maximum absolute atomic E-state index is 9.55. The molecule has 1 aromatic carbocycles. The van der Waals surface area contributed by atoms with Crippen molar-refractivity contribution in [1.82, 2.24) is 5.32 Å². The normalized spacial score (nSPS) is 14.5. The van der Waals surface area contributed by atoms with Gasteiger partial charge in [-0.3, -0.25) is 0 Å². The van der Waals surface area contributed by atoms with E-state index in [0.717, 1.165) is 31.7 Å². The van der Waals surface area contributed by atoms with Crippen LogP contribution >= 0.6 is 0 Å². The molecule has 2 N–H and O–H groups in total. The zero-order valence-electron chi connectivity index (χ0n) is 10.8. The molecule has 0 spiro atoms. The maximum atomic E-state index is 9.55. The van der Waals surface area contributed by atoms with E-state index in [2.05, 4.69) is 5.32 Å². The number of aliphatic hydroxyl groups excluding tert-OH is 1. The molecule has 1 unspecified atom stereocenters. The van der Waals surface area contributed by atoms with Crippen molar-refractivity contribution in [2.75, 3.05) is 26.4 Å². The third-order valence-corrected chi connectivity index (χ3v) is 2.91. The summed E-state index contributed by atoms with van der Waals surface area (Å²) in [6, 6.07) is 10.0. The van der Waals surface area contributed by atoms with E-state index >= 15 is 0 Å². The molecule has 0 saturated carbocycles. The number of hydrogen-bond acceptors (Lipinski definition) is 3. The molecule has 0 aliphatic carbocycles. The summed E-state index contributed by atoms with van der Waals surface area (Å²) in [5.74, 6) is 0. The van der Waals surface area contributed by atoms with Gasteiger partial charge in [0.05, 0.1) is 12.1 Å². The molecule has 0 saturated heterocycles. The molecule has 0 aliphatic heterocycles. The Labute approximate surface area is 104 Å². The molecular formula is C14H23NO2. The standard InChI is InChI=1S/C14H23NO2/c1-3-17-11-7-10-15-14(2,12-16)13-8-5-4-6-9-13/h4-6,8-9,15-16H,3,7,10-12H2,1-2H3. The number of benzene rings is 1. The third kappa shape index (κ3) is 4.46. The van der Waals surface area contributed by atoms with Crippen LogP contribution in [0.25, 0.3) is 0 Å². The summed E-state index contributed by atoms with van der Waals surface area (Å²) in [6.07, 6.45) is 0.955. The van der Waals surface area contributed by atoms with Gasteiger partial charge in [0.15, 0.2) is 0 Å². The Bertz CT molecular complexity index is 302. The summed E-state index contributed by atoms with van der Waals surface area (Å²) in [4.78, 5) is 0. The van der Waals surface area contributed by atoms with Gasteiger partial charge in [-0.15, -0.1) is 0 Å². The van der Waals surface area contributed by atoms with Gasteiger partial charge < -0.3 is 15.2 Å². The number of hydrogen-bond donors (Lipinski definition) is 2. The minimum atomic E-state index is -0.368. The SMILES string of the molecule is CCOCCCNC(C)(CO)c1ccccc1. The summed E-state index contributed by atoms with van der Waals surface area (Å²) in [5.41, 5.74) is 0.743. The minimum absolute atomic E-state index is 0.0889. The van der Waals surface area contributed by atoms with Crippen molar-refractivity contribution in [3.8, 4) is 0 Å². The summed E-state index contributed by atoms with van der Waals surface area (Å²) in [6.45, 7) is 6.46. The van der Waals surface area contributed by atoms with Crippen LogP contribution in [0.3, 0.4) is 0 Å². The number of aliphatic hydroxyl groups is 1. The lowest BCUT2D eigenvalue weighted by atomic mass is 9.93. The average molecular weight is 237 g/mol. The third-order valence-electron chi connectivity index (χ3n) is 2.91. The van der Waals surface area contributed by atoms with Gasteiger partial charge in [-0.25, -0.2) is 0 Å². The second kappa shape index (κ2) is 7.43. The van der Waals surface area contributed by atoms with Crippen LogP contribution < -0.4 is 5.32 Å². The van der Waals surface area contributed by atoms with E-state index in [0.29, 0.717) is 0 Å². The zero-order valence-corrected chi connectivity index (χ0v) is 10.8. The molecule has 0 amide bonds. The second-order valence-corrected chi connectivity index (χ2v) is 4.33. The van der Waals surface area contributed by atoms with E-state index in [1.165, 1.54) is 0 Å². The van der Waals surface area contributed by atoms with Gasteiger partial charge in [-0.1, -0.05) is 30.3 Å². The number of ether oxygens (including phenoxy) is 1. The second-order valence-electron chi connectivity index (χ2n) is 4.33. The Balaban J connectivity index is 2.46. The van der Waals surface area contributed by atoms with Crippen LogP contribution in [0.4, 0.5) is 0 Å². The van der Waals surface area contributed by atoms with Crippen LogP contribution in [0.1, 0.15) is 25.8 Å². The van der Waals surface area contributed by atoms with Gasteiger partial charge in [0.25, 0.3) is 0 Å². The first-order chi connectivity index (χ1) is 8.23. The highest BCUT2D eigenvalue weighted by molar-refractivity contribution is 5.23. The molecule has 96 valence electrons. The Morgan fingerprint density at radius 2 is 2.00 bits per heavy atom. The van der Waals surface area contributed by atoms with Gasteiger partial charge in [0.2, 0.25) is 0 Å². The van der Waals surface area contributed by atoms with E-state index in [9.17, 15) is 5.11 Å². The summed E-state index contributed by atoms with van der Waals surface area (Å²) < 4.78 is 5.29. The Hall–Kier alpha value is -0.900. The molecule has 3 nitrogen and oxygen atoms in total. The Morgan fingerprint density at radius 1 is 1.29 bits per heavy atom. The quantitative estimate of drug-likeness (QED) is 0.679. The van der Waals surface area contributed by atoms with Crippen molar-refractivity contribution < 1.29 is 9.84 Å². The van der Waals surface area contributed by atoms with Crippen LogP contribution in [-0.4, -0.2) is 31.5 Å². The molecule has 0 bridgehead atoms. The highest BCUT2D eigenvalue weighted by atomic mass is 16.5. The Kier molecular flexibility index (Phi) is 6.19. The first-order valence-electron chi connectivity index (χ1n) is 6.22. The molecular weight excluding hydrogens is 214 g/mol. The average Bonchev–Trinajstić information content (AvgIpc) is 2.39. The lowest BCUT2D eigenvalue weighted by molar-refractivity contribution is 0.135. The predicted octanol–water partition coefficient (Wildman–Crippen LogP) is 1.91. The summed E-state index contributed by atoms with van der Waals surface area (Å²) in [7, 11) is 0. The molecule has 0 aromatic heterocycles. The Morgan fingerprint density at radius 3 is 2.59 bits per heavy atom. The lowest BCUT2D eigenvalue weighted by Crippen LogP contribution is -2.43. The van der Waals surface area contributed by atoms with Gasteiger partial charge in [-0.05, 0) is 32.4 Å². The van der Waals surface area contributed by atoms with Crippen molar-refractivity contribution in [1.29, 1.82) is 0 Å². The maximum Gasteiger partial charge on any atom is 0.0652 e. The van der Waals surface area contributed by atoms with Gasteiger partial charge >= 0.3 is 0 Å². The first kappa shape index (κ1) is 14.2. The molecule has 0 heterocycles. The molecule has 0 aliphatic rings. The molecule has 1 aromatic rings. The van der Waals surface area contributed by atoms with Gasteiger partial charge in [0, 0.05) is 13.2 Å². The fourth-order valence-corrected chi connectivity index (χ4v) is 1.74. The summed E-state index contributed by atoms with van der Waals surface area (Å²) >= 11 is 0. The predicted molar refractivity (Wildman–Crippen MR) is 70.0 cm³/mol. The van der Waals surface area contributed by atoms with Crippen molar-refractivity contribution in [2.45, 2.75) is 25.8 Å².